The van der Waals surface area contributed by atoms with E-state index < -0.39 is 11.1 Å². The molecule has 2 radical (unpaired) electrons. The molecule has 0 amide bonds. The van der Waals surface area contributed by atoms with Crippen molar-refractivity contribution in [2.45, 2.75) is 46.8 Å². The summed E-state index contributed by atoms with van der Waals surface area (Å²) in [7, 11) is 5.24. The highest BCUT2D eigenvalue weighted by Gasteiger charge is 2.28. The van der Waals surface area contributed by atoms with Gasteiger partial charge in [0.1, 0.15) is 5.72 Å². The highest BCUT2D eigenvalue weighted by atomic mass is 16.5. The van der Waals surface area contributed by atoms with E-state index >= 15 is 0 Å². The Hall–Kier alpha value is -0.345. The van der Waals surface area contributed by atoms with E-state index in [1.165, 1.54) is 0 Å². The second kappa shape index (κ2) is 5.13. The zero-order valence-corrected chi connectivity index (χ0v) is 10.5. The molecule has 0 spiro atoms. The lowest BCUT2D eigenvalue weighted by Crippen LogP contribution is -2.44. The summed E-state index contributed by atoms with van der Waals surface area (Å²) in [4.78, 5) is 11.1. The van der Waals surface area contributed by atoms with E-state index in [1.807, 2.05) is 6.92 Å². The Kier molecular flexibility index (Phi) is 5.01. The first kappa shape index (κ1) is 14.7. The number of ether oxygens (including phenoxy) is 1. The fourth-order valence-electron chi connectivity index (χ4n) is 1.29. The Bertz CT molecular complexity index is 225. The maximum Gasteiger partial charge on any atom is 0.168 e. The lowest BCUT2D eigenvalue weighted by atomic mass is 9.78. The van der Waals surface area contributed by atoms with Crippen molar-refractivity contribution in [3.63, 3.8) is 0 Å². The van der Waals surface area contributed by atoms with Gasteiger partial charge < -0.3 is 15.3 Å². The summed E-state index contributed by atoms with van der Waals surface area (Å²) in [5, 5.41) is 0. The SMILES string of the molecule is [B]C(=O)C(C)(C)COC(C)(N)CC(C)C. The van der Waals surface area contributed by atoms with Crippen molar-refractivity contribution in [3.8, 4) is 0 Å². The van der Waals surface area contributed by atoms with Gasteiger partial charge in [0.15, 0.2) is 7.85 Å². The van der Waals surface area contributed by atoms with E-state index in [-0.39, 0.29) is 12.3 Å². The van der Waals surface area contributed by atoms with Crippen LogP contribution < -0.4 is 5.73 Å². The number of hydrogen-bond acceptors (Lipinski definition) is 3. The molecule has 3 nitrogen and oxygen atoms in total. The summed E-state index contributed by atoms with van der Waals surface area (Å²) in [6, 6.07) is 0. The van der Waals surface area contributed by atoms with Crippen molar-refractivity contribution < 1.29 is 9.53 Å². The molecule has 0 saturated carbocycles. The van der Waals surface area contributed by atoms with Crippen LogP contribution in [0, 0.1) is 11.3 Å². The minimum atomic E-state index is -0.694. The van der Waals surface area contributed by atoms with Crippen LogP contribution in [0.2, 0.25) is 0 Å². The van der Waals surface area contributed by atoms with Gasteiger partial charge in [-0.05, 0) is 19.3 Å². The van der Waals surface area contributed by atoms with Crippen LogP contribution in [-0.4, -0.2) is 25.9 Å². The van der Waals surface area contributed by atoms with Gasteiger partial charge in [0.25, 0.3) is 0 Å². The molecule has 0 rings (SSSR count). The van der Waals surface area contributed by atoms with Gasteiger partial charge in [-0.15, -0.1) is 0 Å². The third-order valence-corrected chi connectivity index (χ3v) is 2.24. The summed E-state index contributed by atoms with van der Waals surface area (Å²) >= 11 is 0. The second-order valence-corrected chi connectivity index (χ2v) is 5.45. The minimum absolute atomic E-state index is 0.252. The predicted molar refractivity (Wildman–Crippen MR) is 62.5 cm³/mol. The van der Waals surface area contributed by atoms with E-state index in [1.54, 1.807) is 13.8 Å². The van der Waals surface area contributed by atoms with Gasteiger partial charge in [-0.25, -0.2) is 0 Å². The molecule has 0 saturated heterocycles. The van der Waals surface area contributed by atoms with Gasteiger partial charge in [-0.2, -0.15) is 0 Å². The van der Waals surface area contributed by atoms with Crippen LogP contribution in [0.25, 0.3) is 0 Å². The van der Waals surface area contributed by atoms with Gasteiger partial charge in [0, 0.05) is 5.41 Å². The fraction of sp³-hybridized carbons (Fsp3) is 0.909. The van der Waals surface area contributed by atoms with Crippen LogP contribution in [0.5, 0.6) is 0 Å². The third-order valence-electron chi connectivity index (χ3n) is 2.24. The molecule has 0 aliphatic heterocycles. The number of rotatable bonds is 6. The van der Waals surface area contributed by atoms with Crippen LogP contribution in [0.1, 0.15) is 41.0 Å². The third kappa shape index (κ3) is 5.95. The van der Waals surface area contributed by atoms with E-state index in [0.29, 0.717) is 5.92 Å². The van der Waals surface area contributed by atoms with Crippen LogP contribution in [-0.2, 0) is 9.53 Å². The van der Waals surface area contributed by atoms with Crippen molar-refractivity contribution in [2.75, 3.05) is 6.61 Å². The normalized spacial score (nSPS) is 16.5. The van der Waals surface area contributed by atoms with Crippen molar-refractivity contribution in [1.29, 1.82) is 0 Å². The van der Waals surface area contributed by atoms with E-state index in [4.69, 9.17) is 18.3 Å². The van der Waals surface area contributed by atoms with Crippen LogP contribution >= 0.6 is 0 Å². The Morgan fingerprint density at radius 2 is 1.87 bits per heavy atom. The fourth-order valence-corrected chi connectivity index (χ4v) is 1.29. The molecule has 86 valence electrons. The summed E-state index contributed by atoms with van der Waals surface area (Å²) < 4.78 is 5.54. The zero-order valence-electron chi connectivity index (χ0n) is 10.5. The lowest BCUT2D eigenvalue weighted by Gasteiger charge is -2.31. The first-order valence-electron chi connectivity index (χ1n) is 5.29. The van der Waals surface area contributed by atoms with E-state index in [2.05, 4.69) is 13.8 Å². The maximum atomic E-state index is 11.1. The topological polar surface area (TPSA) is 52.3 Å². The quantitative estimate of drug-likeness (QED) is 0.534. The van der Waals surface area contributed by atoms with Crippen molar-refractivity contribution in [2.24, 2.45) is 17.1 Å². The molecule has 0 aromatic rings. The first-order valence-corrected chi connectivity index (χ1v) is 5.29. The number of nitrogens with two attached hydrogens (primary N) is 1. The van der Waals surface area contributed by atoms with E-state index in [0.717, 1.165) is 6.42 Å². The van der Waals surface area contributed by atoms with Gasteiger partial charge in [-0.3, -0.25) is 0 Å². The molecule has 1 unspecified atom stereocenters. The molecule has 0 aromatic heterocycles. The molecular weight excluding hydrogens is 189 g/mol. The van der Waals surface area contributed by atoms with Gasteiger partial charge in [0.2, 0.25) is 0 Å². The Morgan fingerprint density at radius 3 is 2.20 bits per heavy atom. The molecule has 0 aromatic carbocycles. The largest absolute Gasteiger partial charge is 0.360 e. The molecule has 1 atom stereocenters. The van der Waals surface area contributed by atoms with Crippen molar-refractivity contribution >= 4 is 13.5 Å². The molecule has 2 N–H and O–H groups in total. The smallest absolute Gasteiger partial charge is 0.168 e. The van der Waals surface area contributed by atoms with E-state index in [9.17, 15) is 4.79 Å². The highest BCUT2D eigenvalue weighted by molar-refractivity contribution is 6.58. The van der Waals surface area contributed by atoms with Gasteiger partial charge in [0.05, 0.1) is 12.3 Å². The van der Waals surface area contributed by atoms with Crippen LogP contribution in [0.4, 0.5) is 0 Å². The molecule has 15 heavy (non-hydrogen) atoms. The zero-order chi connectivity index (χ0) is 12.3. The standard InChI is InChI=1S/C11H22BNO2/c1-8(2)6-11(5,13)15-7-10(3,4)9(12)14/h8H,6-7,13H2,1-5H3. The van der Waals surface area contributed by atoms with Crippen molar-refractivity contribution in [3.05, 3.63) is 0 Å². The number of carbonyl (C=O) groups is 1. The summed E-state index contributed by atoms with van der Waals surface area (Å²) in [5.41, 5.74) is 4.22. The molecule has 0 aliphatic carbocycles. The number of hydrogen-bond donors (Lipinski definition) is 1. The van der Waals surface area contributed by atoms with Crippen LogP contribution in [0.15, 0.2) is 0 Å². The van der Waals surface area contributed by atoms with Crippen LogP contribution in [0.3, 0.4) is 0 Å². The Balaban J connectivity index is 4.20. The average Bonchev–Trinajstić information content (AvgIpc) is 1.98. The second-order valence-electron chi connectivity index (χ2n) is 5.45. The highest BCUT2D eigenvalue weighted by Crippen LogP contribution is 2.21. The monoisotopic (exact) mass is 211 g/mol. The minimum Gasteiger partial charge on any atom is -0.360 e. The number of carbonyl (C=O) groups excluding carboxylic acids is 1. The average molecular weight is 211 g/mol. The molecular formula is C11H22BNO2. The maximum absolute atomic E-state index is 11.1. The summed E-state index contributed by atoms with van der Waals surface area (Å²) in [5.74, 6) is 0.455. The van der Waals surface area contributed by atoms with Gasteiger partial charge >= 0.3 is 0 Å². The lowest BCUT2D eigenvalue weighted by molar-refractivity contribution is -0.128. The van der Waals surface area contributed by atoms with Gasteiger partial charge in [-0.1, -0.05) is 27.7 Å². The summed E-state index contributed by atoms with van der Waals surface area (Å²) in [6.07, 6.45) is 0.752. The molecule has 0 bridgehead atoms. The molecule has 0 aliphatic rings. The summed E-state index contributed by atoms with van der Waals surface area (Å²) in [6.45, 7) is 9.73. The Labute approximate surface area is 94.2 Å². The predicted octanol–water partition coefficient (Wildman–Crippen LogP) is 1.45. The Morgan fingerprint density at radius 1 is 1.40 bits per heavy atom. The first-order chi connectivity index (χ1) is 6.57. The van der Waals surface area contributed by atoms with Crippen molar-refractivity contribution in [1.82, 2.24) is 0 Å². The molecule has 0 fully saturated rings. The molecule has 0 heterocycles. The molecule has 4 heteroatoms.